The minimum atomic E-state index is 0.659. The van der Waals surface area contributed by atoms with Crippen molar-refractivity contribution in [2.24, 2.45) is 0 Å². The van der Waals surface area contributed by atoms with Crippen LogP contribution >= 0.6 is 0 Å². The van der Waals surface area contributed by atoms with Crippen LogP contribution in [-0.4, -0.2) is 0 Å². The summed E-state index contributed by atoms with van der Waals surface area (Å²) >= 11 is 0. The van der Waals surface area contributed by atoms with Crippen molar-refractivity contribution in [3.05, 3.63) is 48.6 Å². The molecule has 0 saturated heterocycles. The third-order valence-electron chi connectivity index (χ3n) is 2.42. The van der Waals surface area contributed by atoms with E-state index in [-0.39, 0.29) is 0 Å². The van der Waals surface area contributed by atoms with E-state index < -0.39 is 0 Å². The van der Waals surface area contributed by atoms with Crippen LogP contribution < -0.4 is 0 Å². The summed E-state index contributed by atoms with van der Waals surface area (Å²) in [7, 11) is 0. The van der Waals surface area contributed by atoms with Crippen molar-refractivity contribution in [1.82, 2.24) is 0 Å². The highest BCUT2D eigenvalue weighted by atomic mass is 14.0. The lowest BCUT2D eigenvalue weighted by Gasteiger charge is -2.01. The molecular weight excluding hydrogens is 240 g/mol. The van der Waals surface area contributed by atoms with Gasteiger partial charge in [0, 0.05) is 0 Å². The average molecular weight is 279 g/mol. The Kier molecular flexibility index (Phi) is 27.7. The zero-order valence-corrected chi connectivity index (χ0v) is 15.1. The van der Waals surface area contributed by atoms with Crippen molar-refractivity contribution in [2.45, 2.75) is 80.1 Å². The molecule has 0 aliphatic rings. The quantitative estimate of drug-likeness (QED) is 0.392. The van der Waals surface area contributed by atoms with Crippen molar-refractivity contribution in [2.75, 3.05) is 0 Å². The van der Waals surface area contributed by atoms with E-state index in [0.29, 0.717) is 5.92 Å². The standard InChI is InChI=1S/C9H12.C6H14.C3H6.C2H6/c1-8(2)9-6-4-3-5-7-9;1-3-5-6-4-2;1-3-2;1-2/h3-8H,1-2H3;3-6H2,1-2H3;3H,1H2,2H3;1-2H3. The monoisotopic (exact) mass is 278 g/mol. The van der Waals surface area contributed by atoms with Gasteiger partial charge in [0.05, 0.1) is 0 Å². The molecule has 0 amide bonds. The fraction of sp³-hybridized carbons (Fsp3) is 0.600. The molecule has 0 heterocycles. The predicted molar refractivity (Wildman–Crippen MR) is 97.6 cm³/mol. The first kappa shape index (κ1) is 24.0. The Morgan fingerprint density at radius 3 is 1.50 bits per heavy atom. The van der Waals surface area contributed by atoms with Crippen molar-refractivity contribution >= 4 is 0 Å². The third kappa shape index (κ3) is 22.2. The number of allylic oxidation sites excluding steroid dienone is 1. The molecule has 0 atom stereocenters. The molecule has 0 heteroatoms. The fourth-order valence-electron chi connectivity index (χ4n) is 1.34. The first-order valence-electron chi connectivity index (χ1n) is 8.25. The summed E-state index contributed by atoms with van der Waals surface area (Å²) in [6.07, 6.45) is 7.29. The van der Waals surface area contributed by atoms with Gasteiger partial charge in [-0.2, -0.15) is 0 Å². The summed E-state index contributed by atoms with van der Waals surface area (Å²) < 4.78 is 0. The molecule has 0 aliphatic heterocycles. The first-order chi connectivity index (χ1) is 9.63. The summed E-state index contributed by atoms with van der Waals surface area (Å²) in [4.78, 5) is 0. The smallest absolute Gasteiger partial charge is 0.0219 e. The molecule has 0 aliphatic carbocycles. The first-order valence-corrected chi connectivity index (χ1v) is 8.25. The highest BCUT2D eigenvalue weighted by Gasteiger charge is 1.93. The second-order valence-electron chi connectivity index (χ2n) is 4.68. The van der Waals surface area contributed by atoms with E-state index in [0.717, 1.165) is 0 Å². The molecular formula is C20H38. The molecule has 1 aromatic carbocycles. The lowest BCUT2D eigenvalue weighted by atomic mass is 10.0. The highest BCUT2D eigenvalue weighted by Crippen LogP contribution is 2.11. The van der Waals surface area contributed by atoms with E-state index in [1.165, 1.54) is 31.2 Å². The summed E-state index contributed by atoms with van der Waals surface area (Å²) in [5.41, 5.74) is 1.41. The maximum absolute atomic E-state index is 3.36. The SMILES string of the molecule is C=CC.CC.CC(C)c1ccccc1.CCCCCC. The van der Waals surface area contributed by atoms with E-state index in [2.05, 4.69) is 58.5 Å². The minimum Gasteiger partial charge on any atom is -0.103 e. The number of hydrogen-bond acceptors (Lipinski definition) is 0. The van der Waals surface area contributed by atoms with E-state index >= 15 is 0 Å². The number of hydrogen-bond donors (Lipinski definition) is 0. The van der Waals surface area contributed by atoms with E-state index in [9.17, 15) is 0 Å². The minimum absolute atomic E-state index is 0.659. The van der Waals surface area contributed by atoms with Crippen molar-refractivity contribution in [1.29, 1.82) is 0 Å². The maximum atomic E-state index is 3.36. The Hall–Kier alpha value is -1.04. The topological polar surface area (TPSA) is 0 Å². The Morgan fingerprint density at radius 2 is 1.30 bits per heavy atom. The number of rotatable bonds is 4. The van der Waals surface area contributed by atoms with Crippen molar-refractivity contribution in [3.8, 4) is 0 Å². The van der Waals surface area contributed by atoms with Gasteiger partial charge in [-0.1, -0.05) is 104 Å². The average Bonchev–Trinajstić information content (AvgIpc) is 2.49. The number of benzene rings is 1. The molecule has 1 rings (SSSR count). The predicted octanol–water partition coefficient (Wildman–Crippen LogP) is 7.62. The van der Waals surface area contributed by atoms with Gasteiger partial charge in [-0.15, -0.1) is 6.58 Å². The molecule has 0 unspecified atom stereocenters. The van der Waals surface area contributed by atoms with E-state index in [1.54, 1.807) is 6.08 Å². The van der Waals surface area contributed by atoms with Crippen LogP contribution in [0.4, 0.5) is 0 Å². The molecule has 0 bridgehead atoms. The van der Waals surface area contributed by atoms with E-state index in [4.69, 9.17) is 0 Å². The molecule has 0 aromatic heterocycles. The lowest BCUT2D eigenvalue weighted by molar-refractivity contribution is 0.702. The summed E-state index contributed by atoms with van der Waals surface area (Å²) in [6.45, 7) is 18.1. The van der Waals surface area contributed by atoms with Gasteiger partial charge in [-0.05, 0) is 18.4 Å². The fourth-order valence-corrected chi connectivity index (χ4v) is 1.34. The zero-order valence-electron chi connectivity index (χ0n) is 15.1. The Labute approximate surface area is 129 Å². The molecule has 0 nitrogen and oxygen atoms in total. The Bertz CT molecular complexity index is 242. The molecule has 20 heavy (non-hydrogen) atoms. The van der Waals surface area contributed by atoms with Gasteiger partial charge in [-0.3, -0.25) is 0 Å². The van der Waals surface area contributed by atoms with Crippen LogP contribution in [0, 0.1) is 0 Å². The maximum Gasteiger partial charge on any atom is -0.0219 e. The lowest BCUT2D eigenvalue weighted by Crippen LogP contribution is -1.83. The second kappa shape index (κ2) is 23.1. The Morgan fingerprint density at radius 1 is 0.950 bits per heavy atom. The molecule has 1 aromatic rings. The summed E-state index contributed by atoms with van der Waals surface area (Å²) in [6, 6.07) is 10.5. The molecule has 118 valence electrons. The normalized spacial score (nSPS) is 8.20. The largest absolute Gasteiger partial charge is 0.103 e. The van der Waals surface area contributed by atoms with Crippen LogP contribution in [-0.2, 0) is 0 Å². The van der Waals surface area contributed by atoms with Crippen LogP contribution in [0.2, 0.25) is 0 Å². The van der Waals surface area contributed by atoms with Crippen LogP contribution in [0.1, 0.15) is 85.6 Å². The molecule has 0 spiro atoms. The van der Waals surface area contributed by atoms with Gasteiger partial charge in [0.1, 0.15) is 0 Å². The van der Waals surface area contributed by atoms with Gasteiger partial charge < -0.3 is 0 Å². The van der Waals surface area contributed by atoms with Gasteiger partial charge in [0.2, 0.25) is 0 Å². The van der Waals surface area contributed by atoms with Crippen LogP contribution in [0.25, 0.3) is 0 Å². The van der Waals surface area contributed by atoms with Crippen LogP contribution in [0.3, 0.4) is 0 Å². The van der Waals surface area contributed by atoms with Gasteiger partial charge in [-0.25, -0.2) is 0 Å². The van der Waals surface area contributed by atoms with E-state index in [1.807, 2.05) is 26.8 Å². The molecule has 0 saturated carbocycles. The second-order valence-corrected chi connectivity index (χ2v) is 4.68. The van der Waals surface area contributed by atoms with Crippen molar-refractivity contribution < 1.29 is 0 Å². The Balaban J connectivity index is -0.000000229. The summed E-state index contributed by atoms with van der Waals surface area (Å²) in [5, 5.41) is 0. The molecule has 0 N–H and O–H groups in total. The van der Waals surface area contributed by atoms with Crippen LogP contribution in [0.5, 0.6) is 0 Å². The van der Waals surface area contributed by atoms with Crippen LogP contribution in [0.15, 0.2) is 43.0 Å². The van der Waals surface area contributed by atoms with Gasteiger partial charge in [0.25, 0.3) is 0 Å². The molecule has 0 radical (unpaired) electrons. The highest BCUT2D eigenvalue weighted by molar-refractivity contribution is 5.17. The van der Waals surface area contributed by atoms with Gasteiger partial charge >= 0.3 is 0 Å². The molecule has 0 fully saturated rings. The van der Waals surface area contributed by atoms with Gasteiger partial charge in [0.15, 0.2) is 0 Å². The third-order valence-corrected chi connectivity index (χ3v) is 2.42. The zero-order chi connectivity index (χ0) is 16.2. The van der Waals surface area contributed by atoms with Crippen molar-refractivity contribution in [3.63, 3.8) is 0 Å². The summed E-state index contributed by atoms with van der Waals surface area (Å²) in [5.74, 6) is 0.659. The number of unbranched alkanes of at least 4 members (excludes halogenated alkanes) is 3.